The monoisotopic (exact) mass is 151 g/mol. The van der Waals surface area contributed by atoms with Gasteiger partial charge < -0.3 is 10.1 Å². The molecule has 0 fully saturated rings. The topological polar surface area (TPSA) is 70.4 Å². The Balaban J connectivity index is 2.78. The summed E-state index contributed by atoms with van der Waals surface area (Å²) < 4.78 is 1.61. The van der Waals surface area contributed by atoms with Crippen molar-refractivity contribution in [2.24, 2.45) is 0 Å². The van der Waals surface area contributed by atoms with E-state index < -0.39 is 5.97 Å². The normalized spacial score (nSPS) is 10.5. The van der Waals surface area contributed by atoms with Crippen LogP contribution in [-0.4, -0.2) is 25.4 Å². The lowest BCUT2D eigenvalue weighted by Gasteiger charge is -1.83. The van der Waals surface area contributed by atoms with Gasteiger partial charge in [-0.2, -0.15) is 0 Å². The fraction of sp³-hybridized carbons (Fsp3) is 0. The van der Waals surface area contributed by atoms with Crippen molar-refractivity contribution in [3.8, 4) is 0 Å². The van der Waals surface area contributed by atoms with E-state index in [0.29, 0.717) is 5.65 Å². The van der Waals surface area contributed by atoms with E-state index in [9.17, 15) is 4.79 Å². The van der Waals surface area contributed by atoms with Crippen LogP contribution in [0.5, 0.6) is 0 Å². The number of aromatic amines is 1. The molecule has 2 heterocycles. The molecule has 0 aliphatic heterocycles. The Morgan fingerprint density at radius 2 is 2.55 bits per heavy atom. The lowest BCUT2D eigenvalue weighted by atomic mass is 10.5. The van der Waals surface area contributed by atoms with Gasteiger partial charge in [0.15, 0.2) is 5.69 Å². The van der Waals surface area contributed by atoms with Gasteiger partial charge >= 0.3 is 5.97 Å². The minimum absolute atomic E-state index is 0.0509. The number of imidazole rings is 2. The Hall–Kier alpha value is -1.78. The number of hydrogen-bond donors (Lipinski definition) is 2. The van der Waals surface area contributed by atoms with Crippen molar-refractivity contribution >= 4 is 11.6 Å². The maximum Gasteiger partial charge on any atom is 0.358 e. The fourth-order valence-electron chi connectivity index (χ4n) is 0.970. The Kier molecular flexibility index (Phi) is 1.00. The summed E-state index contributed by atoms with van der Waals surface area (Å²) in [5, 5.41) is 8.59. The summed E-state index contributed by atoms with van der Waals surface area (Å²) >= 11 is 0. The molecule has 2 rings (SSSR count). The van der Waals surface area contributed by atoms with Crippen molar-refractivity contribution in [1.82, 2.24) is 14.4 Å². The van der Waals surface area contributed by atoms with Crippen LogP contribution >= 0.6 is 0 Å². The number of aromatic nitrogens is 3. The summed E-state index contributed by atoms with van der Waals surface area (Å²) in [6.07, 6.45) is 4.81. The third kappa shape index (κ3) is 0.706. The van der Waals surface area contributed by atoms with Crippen molar-refractivity contribution in [3.05, 3.63) is 24.4 Å². The number of nitrogens with zero attached hydrogens (tertiary/aromatic N) is 2. The van der Waals surface area contributed by atoms with E-state index >= 15 is 0 Å². The van der Waals surface area contributed by atoms with Gasteiger partial charge in [-0.3, -0.25) is 4.40 Å². The molecule has 0 aliphatic carbocycles. The minimum atomic E-state index is -1.02. The highest BCUT2D eigenvalue weighted by atomic mass is 16.4. The molecule has 5 heteroatoms. The largest absolute Gasteiger partial charge is 0.476 e. The van der Waals surface area contributed by atoms with E-state index in [1.54, 1.807) is 16.8 Å². The number of fused-ring (bicyclic) bond motifs is 1. The van der Waals surface area contributed by atoms with Gasteiger partial charge in [0.2, 0.25) is 0 Å². The molecule has 0 saturated heterocycles. The first-order chi connectivity index (χ1) is 5.29. The van der Waals surface area contributed by atoms with Gasteiger partial charge in [0.1, 0.15) is 12.0 Å². The Morgan fingerprint density at radius 1 is 1.73 bits per heavy atom. The van der Waals surface area contributed by atoms with Crippen LogP contribution in [-0.2, 0) is 0 Å². The van der Waals surface area contributed by atoms with Gasteiger partial charge in [-0.25, -0.2) is 9.78 Å². The van der Waals surface area contributed by atoms with Crippen molar-refractivity contribution < 1.29 is 9.90 Å². The summed E-state index contributed by atoms with van der Waals surface area (Å²) in [4.78, 5) is 16.9. The molecule has 2 aromatic rings. The minimum Gasteiger partial charge on any atom is -0.476 e. The molecule has 0 unspecified atom stereocenters. The van der Waals surface area contributed by atoms with Gasteiger partial charge in [-0.15, -0.1) is 0 Å². The zero-order valence-electron chi connectivity index (χ0n) is 5.48. The van der Waals surface area contributed by atoms with E-state index in [2.05, 4.69) is 9.97 Å². The first-order valence-corrected chi connectivity index (χ1v) is 3.02. The molecule has 2 aromatic heterocycles. The molecule has 0 aromatic carbocycles. The number of carboxylic acids is 1. The van der Waals surface area contributed by atoms with Crippen molar-refractivity contribution in [2.45, 2.75) is 0 Å². The highest BCUT2D eigenvalue weighted by Crippen LogP contribution is 2.05. The fourth-order valence-corrected chi connectivity index (χ4v) is 0.970. The maximum atomic E-state index is 10.5. The molecule has 0 atom stereocenters. The summed E-state index contributed by atoms with van der Waals surface area (Å²) in [5.41, 5.74) is 0.563. The first kappa shape index (κ1) is 5.96. The molecule has 0 aliphatic rings. The van der Waals surface area contributed by atoms with Crippen LogP contribution in [0.15, 0.2) is 18.7 Å². The highest BCUT2D eigenvalue weighted by Gasteiger charge is 2.11. The molecule has 5 nitrogen and oxygen atoms in total. The van der Waals surface area contributed by atoms with E-state index in [1.807, 2.05) is 0 Å². The number of carbonyl (C=O) groups is 1. The lowest BCUT2D eigenvalue weighted by molar-refractivity contribution is 0.0693. The molecule has 0 amide bonds. The summed E-state index contributed by atoms with van der Waals surface area (Å²) in [7, 11) is 0. The summed E-state index contributed by atoms with van der Waals surface area (Å²) in [6.45, 7) is 0. The number of aromatic carboxylic acids is 1. The SMILES string of the molecule is O=C(O)c1ncn2cc[nH]c12. The standard InChI is InChI=1S/C6H5N3O2/c10-6(11)4-5-7-1-2-9(5)3-8-4/h1-3,7H,(H,10,11). The van der Waals surface area contributed by atoms with Crippen LogP contribution in [0.1, 0.15) is 10.5 Å². The Labute approximate surface area is 61.3 Å². The quantitative estimate of drug-likeness (QED) is 0.618. The molecular weight excluding hydrogens is 146 g/mol. The van der Waals surface area contributed by atoms with Gasteiger partial charge in [0.25, 0.3) is 0 Å². The predicted molar refractivity (Wildman–Crippen MR) is 36.5 cm³/mol. The average molecular weight is 151 g/mol. The number of nitrogens with one attached hydrogen (secondary N) is 1. The predicted octanol–water partition coefficient (Wildman–Crippen LogP) is 0.361. The van der Waals surface area contributed by atoms with Crippen LogP contribution < -0.4 is 0 Å². The van der Waals surface area contributed by atoms with Crippen molar-refractivity contribution in [1.29, 1.82) is 0 Å². The van der Waals surface area contributed by atoms with Crippen LogP contribution in [0.25, 0.3) is 5.65 Å². The molecule has 11 heavy (non-hydrogen) atoms. The zero-order valence-corrected chi connectivity index (χ0v) is 5.48. The molecule has 0 radical (unpaired) electrons. The molecule has 56 valence electrons. The van der Waals surface area contributed by atoms with Gasteiger partial charge in [-0.1, -0.05) is 0 Å². The number of rotatable bonds is 1. The van der Waals surface area contributed by atoms with Gasteiger partial charge in [0.05, 0.1) is 0 Å². The molecule has 0 spiro atoms. The maximum absolute atomic E-state index is 10.5. The molecular formula is C6H5N3O2. The van der Waals surface area contributed by atoms with E-state index in [0.717, 1.165) is 0 Å². The Bertz CT molecular complexity index is 401. The third-order valence-corrected chi connectivity index (χ3v) is 1.45. The van der Waals surface area contributed by atoms with Crippen molar-refractivity contribution in [2.75, 3.05) is 0 Å². The molecule has 2 N–H and O–H groups in total. The number of H-pyrrole nitrogens is 1. The van der Waals surface area contributed by atoms with Crippen LogP contribution in [0.4, 0.5) is 0 Å². The average Bonchev–Trinajstić information content (AvgIpc) is 2.41. The summed E-state index contributed by atoms with van der Waals surface area (Å²) in [6, 6.07) is 0. The van der Waals surface area contributed by atoms with E-state index in [1.165, 1.54) is 6.33 Å². The van der Waals surface area contributed by atoms with Crippen LogP contribution in [0.3, 0.4) is 0 Å². The third-order valence-electron chi connectivity index (χ3n) is 1.45. The first-order valence-electron chi connectivity index (χ1n) is 3.02. The van der Waals surface area contributed by atoms with Gasteiger partial charge in [-0.05, 0) is 0 Å². The van der Waals surface area contributed by atoms with Crippen LogP contribution in [0.2, 0.25) is 0 Å². The van der Waals surface area contributed by atoms with E-state index in [4.69, 9.17) is 5.11 Å². The molecule has 0 bridgehead atoms. The van der Waals surface area contributed by atoms with Crippen LogP contribution in [0, 0.1) is 0 Å². The van der Waals surface area contributed by atoms with Crippen molar-refractivity contribution in [3.63, 3.8) is 0 Å². The second kappa shape index (κ2) is 1.85. The Morgan fingerprint density at radius 3 is 3.27 bits per heavy atom. The smallest absolute Gasteiger partial charge is 0.358 e. The zero-order chi connectivity index (χ0) is 7.84. The van der Waals surface area contributed by atoms with E-state index in [-0.39, 0.29) is 5.69 Å². The lowest BCUT2D eigenvalue weighted by Crippen LogP contribution is -1.96. The van der Waals surface area contributed by atoms with Gasteiger partial charge in [0, 0.05) is 12.4 Å². The number of hydrogen-bond acceptors (Lipinski definition) is 2. The highest BCUT2D eigenvalue weighted by molar-refractivity contribution is 5.92. The summed E-state index contributed by atoms with van der Waals surface area (Å²) in [5.74, 6) is -1.02. The second-order valence-corrected chi connectivity index (χ2v) is 2.11. The molecule has 0 saturated carbocycles. The number of carboxylic acid groups (broad SMARTS) is 1. The second-order valence-electron chi connectivity index (χ2n) is 2.11.